The van der Waals surface area contributed by atoms with Crippen LogP contribution in [0.15, 0.2) is 53.4 Å². The number of nitrogens with zero attached hydrogens (tertiary/aromatic N) is 1. The average Bonchev–Trinajstić information content (AvgIpc) is 2.73. The summed E-state index contributed by atoms with van der Waals surface area (Å²) in [6, 6.07) is 15.0. The van der Waals surface area contributed by atoms with Crippen LogP contribution < -0.4 is 5.32 Å². The molecule has 0 radical (unpaired) electrons. The summed E-state index contributed by atoms with van der Waals surface area (Å²) in [5, 5.41) is 3.08. The first kappa shape index (κ1) is 23.5. The van der Waals surface area contributed by atoms with E-state index in [2.05, 4.69) is 39.9 Å². The molecule has 5 nitrogen and oxygen atoms in total. The number of rotatable bonds is 5. The predicted octanol–water partition coefficient (Wildman–Crippen LogP) is 5.15. The summed E-state index contributed by atoms with van der Waals surface area (Å²) in [4.78, 5) is 13.2. The highest BCUT2D eigenvalue weighted by Crippen LogP contribution is 2.31. The number of amides is 1. The molecule has 0 aromatic heterocycles. The summed E-state index contributed by atoms with van der Waals surface area (Å²) in [7, 11) is -3.54. The molecule has 0 aliphatic carbocycles. The highest BCUT2D eigenvalue weighted by molar-refractivity contribution is 7.89. The van der Waals surface area contributed by atoms with E-state index in [1.165, 1.54) is 4.31 Å². The maximum atomic E-state index is 13.0. The number of piperidine rings is 1. The molecule has 1 N–H and O–H groups in total. The van der Waals surface area contributed by atoms with E-state index < -0.39 is 10.0 Å². The van der Waals surface area contributed by atoms with Crippen LogP contribution in [0.2, 0.25) is 0 Å². The number of hydrogen-bond acceptors (Lipinski definition) is 3. The van der Waals surface area contributed by atoms with Crippen molar-refractivity contribution in [2.75, 3.05) is 18.4 Å². The van der Waals surface area contributed by atoms with Crippen molar-refractivity contribution in [1.82, 2.24) is 4.31 Å². The van der Waals surface area contributed by atoms with Crippen LogP contribution in [0.3, 0.4) is 0 Å². The third-order valence-electron chi connectivity index (χ3n) is 6.00. The number of carbonyl (C=O) groups is 1. The van der Waals surface area contributed by atoms with Crippen molar-refractivity contribution in [2.24, 2.45) is 5.92 Å². The summed E-state index contributed by atoms with van der Waals surface area (Å²) in [6.45, 7) is 11.2. The van der Waals surface area contributed by atoms with Crippen LogP contribution >= 0.6 is 0 Å². The van der Waals surface area contributed by atoms with Gasteiger partial charge < -0.3 is 5.32 Å². The maximum Gasteiger partial charge on any atom is 0.243 e. The Morgan fingerprint density at radius 2 is 1.58 bits per heavy atom. The van der Waals surface area contributed by atoms with Crippen LogP contribution in [-0.2, 0) is 20.2 Å². The zero-order valence-electron chi connectivity index (χ0n) is 19.2. The zero-order chi connectivity index (χ0) is 22.8. The lowest BCUT2D eigenvalue weighted by molar-refractivity contribution is -0.120. The summed E-state index contributed by atoms with van der Waals surface area (Å²) < 4.78 is 27.5. The Morgan fingerprint density at radius 3 is 2.13 bits per heavy atom. The normalized spacial score (nSPS) is 16.5. The van der Waals surface area contributed by atoms with Gasteiger partial charge in [0.2, 0.25) is 15.9 Å². The van der Waals surface area contributed by atoms with Gasteiger partial charge in [-0.2, -0.15) is 4.31 Å². The minimum Gasteiger partial charge on any atom is -0.326 e. The van der Waals surface area contributed by atoms with Gasteiger partial charge in [0.15, 0.2) is 0 Å². The minimum atomic E-state index is -3.54. The van der Waals surface area contributed by atoms with E-state index in [0.717, 1.165) is 16.8 Å². The number of benzene rings is 2. The molecule has 1 heterocycles. The maximum absolute atomic E-state index is 13.0. The van der Waals surface area contributed by atoms with Crippen molar-refractivity contribution in [2.45, 2.75) is 63.7 Å². The van der Waals surface area contributed by atoms with Crippen molar-refractivity contribution >= 4 is 21.6 Å². The molecule has 1 amide bonds. The molecule has 2 aromatic carbocycles. The van der Waals surface area contributed by atoms with Crippen molar-refractivity contribution in [3.63, 3.8) is 0 Å². The van der Waals surface area contributed by atoms with Gasteiger partial charge in [0.1, 0.15) is 0 Å². The topological polar surface area (TPSA) is 66.5 Å². The Labute approximate surface area is 186 Å². The summed E-state index contributed by atoms with van der Waals surface area (Å²) >= 11 is 0. The van der Waals surface area contributed by atoms with E-state index in [1.54, 1.807) is 12.1 Å². The Morgan fingerprint density at radius 1 is 1.00 bits per heavy atom. The van der Waals surface area contributed by atoms with Gasteiger partial charge in [-0.05, 0) is 53.5 Å². The molecule has 0 spiro atoms. The molecule has 1 saturated heterocycles. The number of nitrogens with one attached hydrogen (secondary N) is 1. The molecule has 0 unspecified atom stereocenters. The number of para-hydroxylation sites is 1. The minimum absolute atomic E-state index is 0.0324. The molecule has 6 heteroatoms. The fourth-order valence-electron chi connectivity index (χ4n) is 4.01. The summed E-state index contributed by atoms with van der Waals surface area (Å²) in [5.41, 5.74) is 2.96. The SMILES string of the molecule is CC(C)c1ccc(S(=O)(=O)N2CCC(C(=O)Nc3ccccc3C(C)(C)C)CC2)cc1. The second-order valence-corrected chi connectivity index (χ2v) is 11.6. The fraction of sp³-hybridized carbons (Fsp3) is 0.480. The monoisotopic (exact) mass is 442 g/mol. The lowest BCUT2D eigenvalue weighted by Gasteiger charge is -2.31. The first-order valence-corrected chi connectivity index (χ1v) is 12.4. The van der Waals surface area contributed by atoms with E-state index in [0.29, 0.717) is 36.7 Å². The summed E-state index contributed by atoms with van der Waals surface area (Å²) in [5.74, 6) is 0.132. The van der Waals surface area contributed by atoms with Crippen LogP contribution in [0.4, 0.5) is 5.69 Å². The highest BCUT2D eigenvalue weighted by atomic mass is 32.2. The van der Waals surface area contributed by atoms with Gasteiger partial charge in [-0.1, -0.05) is 65.0 Å². The van der Waals surface area contributed by atoms with Crippen molar-refractivity contribution in [3.8, 4) is 0 Å². The molecule has 2 aromatic rings. The van der Waals surface area contributed by atoms with E-state index in [-0.39, 0.29) is 17.2 Å². The molecule has 0 bridgehead atoms. The molecular formula is C25H34N2O3S. The molecule has 168 valence electrons. The van der Waals surface area contributed by atoms with E-state index in [9.17, 15) is 13.2 Å². The number of sulfonamides is 1. The van der Waals surface area contributed by atoms with E-state index in [1.807, 2.05) is 36.4 Å². The van der Waals surface area contributed by atoms with Gasteiger partial charge >= 0.3 is 0 Å². The Hall–Kier alpha value is -2.18. The van der Waals surface area contributed by atoms with Crippen molar-refractivity contribution in [3.05, 3.63) is 59.7 Å². The third-order valence-corrected chi connectivity index (χ3v) is 7.92. The van der Waals surface area contributed by atoms with Crippen LogP contribution in [0.25, 0.3) is 0 Å². The molecule has 1 aliphatic heterocycles. The molecule has 1 fully saturated rings. The highest BCUT2D eigenvalue weighted by Gasteiger charge is 2.32. The third kappa shape index (κ3) is 5.36. The molecule has 31 heavy (non-hydrogen) atoms. The molecule has 1 aliphatic rings. The molecule has 0 saturated carbocycles. The van der Waals surface area contributed by atoms with Crippen molar-refractivity contribution in [1.29, 1.82) is 0 Å². The summed E-state index contributed by atoms with van der Waals surface area (Å²) in [6.07, 6.45) is 1.04. The molecule has 0 atom stereocenters. The largest absolute Gasteiger partial charge is 0.326 e. The van der Waals surface area contributed by atoms with Crippen LogP contribution in [0.5, 0.6) is 0 Å². The molecular weight excluding hydrogens is 408 g/mol. The number of carbonyl (C=O) groups excluding carboxylic acids is 1. The van der Waals surface area contributed by atoms with Crippen molar-refractivity contribution < 1.29 is 13.2 Å². The second-order valence-electron chi connectivity index (χ2n) is 9.69. The van der Waals surface area contributed by atoms with Crippen LogP contribution in [-0.4, -0.2) is 31.7 Å². The Kier molecular flexibility index (Phi) is 6.92. The van der Waals surface area contributed by atoms with Crippen LogP contribution in [0.1, 0.15) is 64.5 Å². The van der Waals surface area contributed by atoms with Gasteiger partial charge in [0.05, 0.1) is 4.90 Å². The van der Waals surface area contributed by atoms with Crippen LogP contribution in [0, 0.1) is 5.92 Å². The fourth-order valence-corrected chi connectivity index (χ4v) is 5.48. The van der Waals surface area contributed by atoms with Gasteiger partial charge in [-0.3, -0.25) is 4.79 Å². The standard InChI is InChI=1S/C25H34N2O3S/c1-18(2)19-10-12-21(13-11-19)31(29,30)27-16-14-20(15-17-27)24(28)26-23-9-7-6-8-22(23)25(3,4)5/h6-13,18,20H,14-17H2,1-5H3,(H,26,28). The molecule has 3 rings (SSSR count). The smallest absolute Gasteiger partial charge is 0.243 e. The number of anilines is 1. The number of hydrogen-bond donors (Lipinski definition) is 1. The lowest BCUT2D eigenvalue weighted by atomic mass is 9.85. The second kappa shape index (κ2) is 9.13. The van der Waals surface area contributed by atoms with Gasteiger partial charge in [-0.15, -0.1) is 0 Å². The predicted molar refractivity (Wildman–Crippen MR) is 126 cm³/mol. The van der Waals surface area contributed by atoms with E-state index >= 15 is 0 Å². The Balaban J connectivity index is 1.65. The van der Waals surface area contributed by atoms with Gasteiger partial charge in [0.25, 0.3) is 0 Å². The first-order chi connectivity index (χ1) is 14.5. The van der Waals surface area contributed by atoms with E-state index in [4.69, 9.17) is 0 Å². The average molecular weight is 443 g/mol. The first-order valence-electron chi connectivity index (χ1n) is 11.0. The lowest BCUT2D eigenvalue weighted by Crippen LogP contribution is -2.41. The van der Waals surface area contributed by atoms with Gasteiger partial charge in [0, 0.05) is 24.7 Å². The zero-order valence-corrected chi connectivity index (χ0v) is 20.0. The van der Waals surface area contributed by atoms with Gasteiger partial charge in [-0.25, -0.2) is 8.42 Å². The quantitative estimate of drug-likeness (QED) is 0.697. The Bertz CT molecular complexity index is 1010.